The zero-order valence-corrected chi connectivity index (χ0v) is 10.3. The van der Waals surface area contributed by atoms with E-state index < -0.39 is 0 Å². The number of hydrogen-bond acceptors (Lipinski definition) is 3. The van der Waals surface area contributed by atoms with Crippen molar-refractivity contribution in [3.63, 3.8) is 0 Å². The van der Waals surface area contributed by atoms with E-state index >= 15 is 0 Å². The third-order valence-corrected chi connectivity index (χ3v) is 2.00. The van der Waals surface area contributed by atoms with Gasteiger partial charge in [-0.05, 0) is 17.7 Å². The van der Waals surface area contributed by atoms with Crippen molar-refractivity contribution in [1.29, 1.82) is 0 Å². The van der Waals surface area contributed by atoms with Crippen molar-refractivity contribution >= 4 is 18.3 Å². The fourth-order valence-electron chi connectivity index (χ4n) is 1.04. The molecule has 1 rings (SSSR count). The summed E-state index contributed by atoms with van der Waals surface area (Å²) in [5.41, 5.74) is 6.48. The first kappa shape index (κ1) is 14.7. The maximum Gasteiger partial charge on any atom is 0.259 e. The molecule has 0 unspecified atom stereocenters. The van der Waals surface area contributed by atoms with E-state index in [-0.39, 0.29) is 24.9 Å². The Labute approximate surface area is 102 Å². The van der Waals surface area contributed by atoms with Crippen LogP contribution in [0.15, 0.2) is 24.3 Å². The number of rotatable bonds is 4. The molecule has 1 aromatic rings. The number of hydrogen-bond donors (Lipinski definition) is 1. The molecule has 0 aliphatic rings. The van der Waals surface area contributed by atoms with E-state index in [9.17, 15) is 4.79 Å². The van der Waals surface area contributed by atoms with Crippen LogP contribution >= 0.6 is 12.4 Å². The SMILES string of the molecule is CN(C)C(=O)COc1cccc(CN)c1.Cl. The molecular weight excluding hydrogens is 228 g/mol. The summed E-state index contributed by atoms with van der Waals surface area (Å²) < 4.78 is 5.32. The van der Waals surface area contributed by atoms with Crippen LogP contribution < -0.4 is 10.5 Å². The largest absolute Gasteiger partial charge is 0.484 e. The Morgan fingerprint density at radius 1 is 1.44 bits per heavy atom. The molecule has 1 amide bonds. The number of halogens is 1. The highest BCUT2D eigenvalue weighted by Crippen LogP contribution is 2.12. The maximum atomic E-state index is 11.2. The molecular formula is C11H17ClN2O2. The van der Waals surface area contributed by atoms with Gasteiger partial charge >= 0.3 is 0 Å². The summed E-state index contributed by atoms with van der Waals surface area (Å²) in [5, 5.41) is 0. The molecule has 5 heteroatoms. The van der Waals surface area contributed by atoms with Crippen molar-refractivity contribution in [2.75, 3.05) is 20.7 Å². The highest BCUT2D eigenvalue weighted by Gasteiger charge is 2.04. The Morgan fingerprint density at radius 3 is 2.69 bits per heavy atom. The number of ether oxygens (including phenoxy) is 1. The van der Waals surface area contributed by atoms with Crippen molar-refractivity contribution in [1.82, 2.24) is 4.90 Å². The van der Waals surface area contributed by atoms with Crippen LogP contribution in [0.4, 0.5) is 0 Å². The standard InChI is InChI=1S/C11H16N2O2.ClH/c1-13(2)11(14)8-15-10-5-3-4-9(6-10)7-12;/h3-6H,7-8,12H2,1-2H3;1H. The van der Waals surface area contributed by atoms with E-state index in [1.165, 1.54) is 4.90 Å². The number of carbonyl (C=O) groups excluding carboxylic acids is 1. The topological polar surface area (TPSA) is 55.6 Å². The van der Waals surface area contributed by atoms with Crippen LogP contribution in [0.1, 0.15) is 5.56 Å². The first-order chi connectivity index (χ1) is 7.13. The van der Waals surface area contributed by atoms with Crippen molar-refractivity contribution in [3.05, 3.63) is 29.8 Å². The van der Waals surface area contributed by atoms with Crippen LogP contribution in [0.5, 0.6) is 5.75 Å². The zero-order valence-electron chi connectivity index (χ0n) is 9.47. The average molecular weight is 245 g/mol. The lowest BCUT2D eigenvalue weighted by Crippen LogP contribution is -2.27. The summed E-state index contributed by atoms with van der Waals surface area (Å²) in [6, 6.07) is 7.42. The van der Waals surface area contributed by atoms with Gasteiger partial charge in [0.2, 0.25) is 0 Å². The van der Waals surface area contributed by atoms with Crippen molar-refractivity contribution < 1.29 is 9.53 Å². The van der Waals surface area contributed by atoms with E-state index in [1.807, 2.05) is 24.3 Å². The van der Waals surface area contributed by atoms with Gasteiger partial charge < -0.3 is 15.4 Å². The number of benzene rings is 1. The highest BCUT2D eigenvalue weighted by molar-refractivity contribution is 5.85. The van der Waals surface area contributed by atoms with Crippen LogP contribution in [0.25, 0.3) is 0 Å². The second-order valence-electron chi connectivity index (χ2n) is 3.43. The molecule has 16 heavy (non-hydrogen) atoms. The van der Waals surface area contributed by atoms with Crippen molar-refractivity contribution in [2.45, 2.75) is 6.54 Å². The van der Waals surface area contributed by atoms with Crippen molar-refractivity contribution in [3.8, 4) is 5.75 Å². The smallest absolute Gasteiger partial charge is 0.259 e. The predicted molar refractivity (Wildman–Crippen MR) is 65.8 cm³/mol. The molecule has 4 nitrogen and oxygen atoms in total. The second-order valence-corrected chi connectivity index (χ2v) is 3.43. The average Bonchev–Trinajstić information content (AvgIpc) is 2.26. The third kappa shape index (κ3) is 4.51. The van der Waals surface area contributed by atoms with Gasteiger partial charge in [0.05, 0.1) is 0 Å². The third-order valence-electron chi connectivity index (χ3n) is 2.00. The Hall–Kier alpha value is -1.26. The molecule has 0 aliphatic carbocycles. The Balaban J connectivity index is 0.00000225. The molecule has 1 aromatic carbocycles. The van der Waals surface area contributed by atoms with E-state index in [0.717, 1.165) is 5.56 Å². The molecule has 0 fully saturated rings. The first-order valence-corrected chi connectivity index (χ1v) is 4.75. The molecule has 0 saturated heterocycles. The summed E-state index contributed by atoms with van der Waals surface area (Å²) in [6.45, 7) is 0.528. The monoisotopic (exact) mass is 244 g/mol. The molecule has 0 heterocycles. The van der Waals surface area contributed by atoms with Gasteiger partial charge in [-0.25, -0.2) is 0 Å². The highest BCUT2D eigenvalue weighted by atomic mass is 35.5. The fourth-order valence-corrected chi connectivity index (χ4v) is 1.04. The van der Waals surface area contributed by atoms with Gasteiger partial charge in [-0.3, -0.25) is 4.79 Å². The number of carbonyl (C=O) groups is 1. The van der Waals surface area contributed by atoms with Gasteiger partial charge in [0.25, 0.3) is 5.91 Å². The van der Waals surface area contributed by atoms with E-state index in [4.69, 9.17) is 10.5 Å². The predicted octanol–water partition coefficient (Wildman–Crippen LogP) is 1.03. The number of likely N-dealkylation sites (N-methyl/N-ethyl adjacent to an activating group) is 1. The van der Waals surface area contributed by atoms with Gasteiger partial charge in [-0.1, -0.05) is 12.1 Å². The normalized spacial score (nSPS) is 9.19. The minimum Gasteiger partial charge on any atom is -0.484 e. The number of nitrogens with two attached hydrogens (primary N) is 1. The lowest BCUT2D eigenvalue weighted by molar-refractivity contribution is -0.130. The minimum absolute atomic E-state index is 0. The molecule has 2 N–H and O–H groups in total. The summed E-state index contributed by atoms with van der Waals surface area (Å²) in [4.78, 5) is 12.7. The summed E-state index contributed by atoms with van der Waals surface area (Å²) in [5.74, 6) is 0.612. The molecule has 0 aliphatic heterocycles. The fraction of sp³-hybridized carbons (Fsp3) is 0.364. The molecule has 0 aromatic heterocycles. The summed E-state index contributed by atoms with van der Waals surface area (Å²) >= 11 is 0. The molecule has 0 saturated carbocycles. The van der Waals surface area contributed by atoms with E-state index in [0.29, 0.717) is 12.3 Å². The molecule has 0 radical (unpaired) electrons. The van der Waals surface area contributed by atoms with Gasteiger partial charge in [-0.15, -0.1) is 12.4 Å². The molecule has 90 valence electrons. The Morgan fingerprint density at radius 2 is 2.12 bits per heavy atom. The van der Waals surface area contributed by atoms with Crippen LogP contribution in [-0.2, 0) is 11.3 Å². The van der Waals surface area contributed by atoms with Crippen LogP contribution in [0, 0.1) is 0 Å². The van der Waals surface area contributed by atoms with Gasteiger partial charge in [-0.2, -0.15) is 0 Å². The molecule has 0 bridgehead atoms. The maximum absolute atomic E-state index is 11.2. The minimum atomic E-state index is -0.0619. The van der Waals surface area contributed by atoms with E-state index in [2.05, 4.69) is 0 Å². The molecule has 0 atom stereocenters. The van der Waals surface area contributed by atoms with Crippen LogP contribution in [0.2, 0.25) is 0 Å². The molecule has 0 spiro atoms. The summed E-state index contributed by atoms with van der Waals surface area (Å²) in [7, 11) is 3.39. The van der Waals surface area contributed by atoms with Crippen LogP contribution in [-0.4, -0.2) is 31.5 Å². The van der Waals surface area contributed by atoms with Crippen LogP contribution in [0.3, 0.4) is 0 Å². The first-order valence-electron chi connectivity index (χ1n) is 4.75. The van der Waals surface area contributed by atoms with Gasteiger partial charge in [0.15, 0.2) is 6.61 Å². The Bertz CT molecular complexity index is 343. The number of amides is 1. The quantitative estimate of drug-likeness (QED) is 0.861. The van der Waals surface area contributed by atoms with E-state index in [1.54, 1.807) is 14.1 Å². The van der Waals surface area contributed by atoms with Gasteiger partial charge in [0.1, 0.15) is 5.75 Å². The second kappa shape index (κ2) is 7.09. The summed E-state index contributed by atoms with van der Waals surface area (Å²) in [6.07, 6.45) is 0. The lowest BCUT2D eigenvalue weighted by atomic mass is 10.2. The zero-order chi connectivity index (χ0) is 11.3. The lowest BCUT2D eigenvalue weighted by Gasteiger charge is -2.11. The Kier molecular flexibility index (Phi) is 6.53. The van der Waals surface area contributed by atoms with Gasteiger partial charge in [0, 0.05) is 20.6 Å². The number of nitrogens with zero attached hydrogens (tertiary/aromatic N) is 1. The van der Waals surface area contributed by atoms with Crippen molar-refractivity contribution in [2.24, 2.45) is 5.73 Å².